The van der Waals surface area contributed by atoms with E-state index in [-0.39, 0.29) is 17.9 Å². The van der Waals surface area contributed by atoms with Gasteiger partial charge in [-0.15, -0.1) is 11.3 Å². The lowest BCUT2D eigenvalue weighted by Gasteiger charge is -2.18. The van der Waals surface area contributed by atoms with E-state index < -0.39 is 17.9 Å². The van der Waals surface area contributed by atoms with E-state index in [1.54, 1.807) is 30.3 Å². The summed E-state index contributed by atoms with van der Waals surface area (Å²) in [7, 11) is 1.50. The molecule has 0 radical (unpaired) electrons. The molecule has 0 spiro atoms. The number of pyridine rings is 1. The minimum atomic E-state index is -1.02. The number of aliphatic carboxylic acids is 1. The van der Waals surface area contributed by atoms with Gasteiger partial charge < -0.3 is 15.2 Å². The molecule has 160 valence electrons. The van der Waals surface area contributed by atoms with Gasteiger partial charge in [-0.3, -0.25) is 14.4 Å². The molecule has 2 N–H and O–H groups in total. The number of ketones is 1. The molecule has 1 amide bonds. The van der Waals surface area contributed by atoms with Gasteiger partial charge in [-0.05, 0) is 43.7 Å². The lowest BCUT2D eigenvalue weighted by molar-refractivity contribution is -0.137. The highest BCUT2D eigenvalue weighted by Crippen LogP contribution is 2.34. The highest BCUT2D eigenvalue weighted by Gasteiger charge is 2.21. The Bertz CT molecular complexity index is 1120. The first-order valence-electron chi connectivity index (χ1n) is 9.54. The molecule has 31 heavy (non-hydrogen) atoms. The summed E-state index contributed by atoms with van der Waals surface area (Å²) in [5.74, 6) is -1.11. The van der Waals surface area contributed by atoms with Gasteiger partial charge in [-0.25, -0.2) is 4.98 Å². The number of thiophene rings is 1. The Morgan fingerprint density at radius 3 is 2.39 bits per heavy atom. The molecule has 0 aliphatic carbocycles. The fourth-order valence-corrected chi connectivity index (χ4v) is 3.92. The minimum absolute atomic E-state index is 0.0567. The zero-order valence-corrected chi connectivity index (χ0v) is 18.2. The summed E-state index contributed by atoms with van der Waals surface area (Å²) >= 11 is 1.26. The summed E-state index contributed by atoms with van der Waals surface area (Å²) in [6.45, 7) is 3.41. The predicted octanol–water partition coefficient (Wildman–Crippen LogP) is 4.28. The van der Waals surface area contributed by atoms with Gasteiger partial charge in [0.2, 0.25) is 0 Å². The number of rotatable bonds is 8. The molecule has 0 aliphatic rings. The molecule has 3 aromatic rings. The first-order chi connectivity index (χ1) is 14.8. The molecule has 0 saturated carbocycles. The largest absolute Gasteiger partial charge is 0.494 e. The Kier molecular flexibility index (Phi) is 6.81. The van der Waals surface area contributed by atoms with Gasteiger partial charge in [0.25, 0.3) is 5.91 Å². The van der Waals surface area contributed by atoms with Gasteiger partial charge in [0.05, 0.1) is 29.3 Å². The fraction of sp³-hybridized carbons (Fsp3) is 0.217. The number of carbonyl (C=O) groups is 3. The second kappa shape index (κ2) is 9.53. The van der Waals surface area contributed by atoms with Gasteiger partial charge in [0, 0.05) is 0 Å². The van der Waals surface area contributed by atoms with Crippen molar-refractivity contribution >= 4 is 29.0 Å². The van der Waals surface area contributed by atoms with E-state index in [2.05, 4.69) is 10.3 Å². The molecule has 2 aromatic heterocycles. The smallest absolute Gasteiger partial charge is 0.305 e. The molecule has 0 bridgehead atoms. The minimum Gasteiger partial charge on any atom is -0.494 e. The van der Waals surface area contributed by atoms with Crippen LogP contribution in [0.5, 0.6) is 5.75 Å². The van der Waals surface area contributed by atoms with Gasteiger partial charge in [0.15, 0.2) is 5.78 Å². The number of carboxylic acids is 1. The molecule has 7 nitrogen and oxygen atoms in total. The van der Waals surface area contributed by atoms with Crippen LogP contribution in [-0.4, -0.2) is 34.9 Å². The van der Waals surface area contributed by atoms with E-state index in [1.807, 2.05) is 19.1 Å². The van der Waals surface area contributed by atoms with E-state index >= 15 is 0 Å². The van der Waals surface area contributed by atoms with Crippen LogP contribution in [0, 0.1) is 6.92 Å². The van der Waals surface area contributed by atoms with Gasteiger partial charge in [-0.2, -0.15) is 0 Å². The SMILES string of the molecule is COc1ccc(C(=O)NC(CC(=O)O)c2ccc(C)cc2)nc1-c1ccc(C(C)=O)s1. The molecule has 0 saturated heterocycles. The van der Waals surface area contributed by atoms with Crippen molar-refractivity contribution in [1.82, 2.24) is 10.3 Å². The summed E-state index contributed by atoms with van der Waals surface area (Å²) in [6, 6.07) is 13.2. The standard InChI is InChI=1S/C23H22N2O5S/c1-13-4-6-15(7-5-13)17(12-21(27)28)25-23(29)16-8-9-18(30-3)22(24-16)20-11-10-19(31-20)14(2)26/h4-11,17H,12H2,1-3H3,(H,25,29)(H,27,28). The summed E-state index contributed by atoms with van der Waals surface area (Å²) in [4.78, 5) is 41.6. The van der Waals surface area contributed by atoms with E-state index in [0.29, 0.717) is 26.8 Å². The van der Waals surface area contributed by atoms with Crippen molar-refractivity contribution in [2.24, 2.45) is 0 Å². The summed E-state index contributed by atoms with van der Waals surface area (Å²) in [5, 5.41) is 12.0. The van der Waals surface area contributed by atoms with Gasteiger partial charge >= 0.3 is 5.97 Å². The van der Waals surface area contributed by atoms with Crippen LogP contribution in [0.15, 0.2) is 48.5 Å². The van der Waals surface area contributed by atoms with E-state index in [1.165, 1.54) is 31.4 Å². The number of aryl methyl sites for hydroxylation is 1. The van der Waals surface area contributed by atoms with Crippen LogP contribution < -0.4 is 10.1 Å². The Hall–Kier alpha value is -3.52. The van der Waals surface area contributed by atoms with E-state index in [0.717, 1.165) is 5.56 Å². The molecule has 2 heterocycles. The predicted molar refractivity (Wildman–Crippen MR) is 118 cm³/mol. The number of amides is 1. The number of carboxylic acid groups (broad SMARTS) is 1. The molecular formula is C23H22N2O5S. The van der Waals surface area contributed by atoms with Crippen LogP contribution >= 0.6 is 11.3 Å². The molecule has 1 aromatic carbocycles. The quantitative estimate of drug-likeness (QED) is 0.509. The van der Waals surface area contributed by atoms with Gasteiger partial charge in [0.1, 0.15) is 17.1 Å². The van der Waals surface area contributed by atoms with Crippen molar-refractivity contribution in [3.05, 3.63) is 70.2 Å². The van der Waals surface area contributed by atoms with E-state index in [4.69, 9.17) is 4.74 Å². The first kappa shape index (κ1) is 22.2. The molecule has 8 heteroatoms. The summed E-state index contributed by atoms with van der Waals surface area (Å²) in [6.07, 6.45) is -0.259. The average molecular weight is 439 g/mol. The van der Waals surface area contributed by atoms with Crippen LogP contribution in [0.3, 0.4) is 0 Å². The maximum absolute atomic E-state index is 12.9. The van der Waals surface area contributed by atoms with Crippen molar-refractivity contribution < 1.29 is 24.2 Å². The van der Waals surface area contributed by atoms with Crippen LogP contribution in [0.2, 0.25) is 0 Å². The third kappa shape index (κ3) is 5.35. The lowest BCUT2D eigenvalue weighted by atomic mass is 10.0. The number of Topliss-reactive ketones (excluding diaryl/α,β-unsaturated/α-hetero) is 1. The Labute approximate surface area is 183 Å². The highest BCUT2D eigenvalue weighted by atomic mass is 32.1. The van der Waals surface area contributed by atoms with Gasteiger partial charge in [-0.1, -0.05) is 29.8 Å². The number of benzene rings is 1. The van der Waals surface area contributed by atoms with Crippen LogP contribution in [-0.2, 0) is 4.79 Å². The van der Waals surface area contributed by atoms with Crippen molar-refractivity contribution in [2.45, 2.75) is 26.3 Å². The number of nitrogens with one attached hydrogen (secondary N) is 1. The zero-order chi connectivity index (χ0) is 22.5. The molecule has 1 unspecified atom stereocenters. The third-order valence-electron chi connectivity index (χ3n) is 4.66. The van der Waals surface area contributed by atoms with Crippen molar-refractivity contribution in [1.29, 1.82) is 0 Å². The average Bonchev–Trinajstić information content (AvgIpc) is 3.23. The molecule has 0 fully saturated rings. The number of nitrogens with zero attached hydrogens (tertiary/aromatic N) is 1. The van der Waals surface area contributed by atoms with Crippen LogP contribution in [0.1, 0.15) is 50.7 Å². The molecular weight excluding hydrogens is 416 g/mol. The maximum atomic E-state index is 12.9. The normalized spacial score (nSPS) is 11.6. The molecule has 1 atom stereocenters. The molecule has 3 rings (SSSR count). The van der Waals surface area contributed by atoms with E-state index in [9.17, 15) is 19.5 Å². The number of hydrogen-bond acceptors (Lipinski definition) is 6. The Morgan fingerprint density at radius 1 is 1.10 bits per heavy atom. The number of aromatic nitrogens is 1. The summed E-state index contributed by atoms with van der Waals surface area (Å²) < 4.78 is 5.37. The van der Waals surface area contributed by atoms with Crippen molar-refractivity contribution in [3.8, 4) is 16.3 Å². The molecule has 0 aliphatic heterocycles. The summed E-state index contributed by atoms with van der Waals surface area (Å²) in [5.41, 5.74) is 2.29. The topological polar surface area (TPSA) is 106 Å². The number of hydrogen-bond donors (Lipinski definition) is 2. The fourth-order valence-electron chi connectivity index (χ4n) is 3.03. The maximum Gasteiger partial charge on any atom is 0.305 e. The second-order valence-electron chi connectivity index (χ2n) is 7.00. The third-order valence-corrected chi connectivity index (χ3v) is 5.85. The monoisotopic (exact) mass is 438 g/mol. The first-order valence-corrected chi connectivity index (χ1v) is 10.4. The van der Waals surface area contributed by atoms with Crippen LogP contribution in [0.25, 0.3) is 10.6 Å². The van der Waals surface area contributed by atoms with Crippen LogP contribution in [0.4, 0.5) is 0 Å². The zero-order valence-electron chi connectivity index (χ0n) is 17.3. The van der Waals surface area contributed by atoms with Crippen molar-refractivity contribution in [3.63, 3.8) is 0 Å². The number of methoxy groups -OCH3 is 1. The second-order valence-corrected chi connectivity index (χ2v) is 8.09. The lowest BCUT2D eigenvalue weighted by Crippen LogP contribution is -2.30. The van der Waals surface area contributed by atoms with Crippen molar-refractivity contribution in [2.75, 3.05) is 7.11 Å². The number of carbonyl (C=O) groups excluding carboxylic acids is 2. The number of ether oxygens (including phenoxy) is 1. The Morgan fingerprint density at radius 2 is 1.81 bits per heavy atom. The Balaban J connectivity index is 1.91. The highest BCUT2D eigenvalue weighted by molar-refractivity contribution is 7.17.